The van der Waals surface area contributed by atoms with Gasteiger partial charge >= 0.3 is 0 Å². The van der Waals surface area contributed by atoms with Crippen LogP contribution >= 0.6 is 0 Å². The lowest BCUT2D eigenvalue weighted by atomic mass is 9.73. The predicted octanol–water partition coefficient (Wildman–Crippen LogP) is 3.61. The molecule has 29 heavy (non-hydrogen) atoms. The molecule has 1 saturated heterocycles. The van der Waals surface area contributed by atoms with Crippen LogP contribution < -0.4 is 10.6 Å². The number of hydrogen-bond acceptors (Lipinski definition) is 3. The fourth-order valence-electron chi connectivity index (χ4n) is 4.18. The Morgan fingerprint density at radius 3 is 2.21 bits per heavy atom. The van der Waals surface area contributed by atoms with Crippen molar-refractivity contribution in [3.8, 4) is 0 Å². The zero-order valence-electron chi connectivity index (χ0n) is 17.4. The summed E-state index contributed by atoms with van der Waals surface area (Å²) in [5.41, 5.74) is 3.05. The summed E-state index contributed by atoms with van der Waals surface area (Å²) in [6, 6.07) is 18.4. The highest BCUT2D eigenvalue weighted by Gasteiger charge is 2.40. The maximum absolute atomic E-state index is 12.7. The van der Waals surface area contributed by atoms with Crippen molar-refractivity contribution >= 4 is 17.5 Å². The van der Waals surface area contributed by atoms with Crippen LogP contribution in [0.25, 0.3) is 0 Å². The Kier molecular flexibility index (Phi) is 7.04. The van der Waals surface area contributed by atoms with Crippen LogP contribution in [0, 0.1) is 5.41 Å². The first kappa shape index (κ1) is 21.1. The van der Waals surface area contributed by atoms with E-state index in [4.69, 9.17) is 0 Å². The number of piperidine rings is 1. The molecular formula is C24H31N3O2. The Bertz CT molecular complexity index is 810. The van der Waals surface area contributed by atoms with Gasteiger partial charge in [0.1, 0.15) is 0 Å². The van der Waals surface area contributed by atoms with Gasteiger partial charge in [0.25, 0.3) is 0 Å². The minimum Gasteiger partial charge on any atom is -0.359 e. The molecule has 3 rings (SSSR count). The summed E-state index contributed by atoms with van der Waals surface area (Å²) in [5.74, 6) is 0.113. The Labute approximate surface area is 173 Å². The molecule has 1 aliphatic rings. The molecule has 2 N–H and O–H groups in total. The Hall–Kier alpha value is -2.66. The van der Waals surface area contributed by atoms with Gasteiger partial charge in [-0.1, -0.05) is 42.5 Å². The van der Waals surface area contributed by atoms with E-state index in [1.807, 2.05) is 18.2 Å². The molecule has 1 heterocycles. The molecule has 0 spiro atoms. The lowest BCUT2D eigenvalue weighted by molar-refractivity contribution is -0.134. The number of aryl methyl sites for hydroxylation is 1. The molecular weight excluding hydrogens is 362 g/mol. The second kappa shape index (κ2) is 9.70. The SMILES string of the molecule is CNC(=O)C1(CCc2ccccc2)CCN(Cc2ccc(NC(C)=O)cc2)CC1. The number of rotatable bonds is 7. The van der Waals surface area contributed by atoms with Crippen molar-refractivity contribution < 1.29 is 9.59 Å². The number of amides is 2. The summed E-state index contributed by atoms with van der Waals surface area (Å²) in [5, 5.41) is 5.70. The van der Waals surface area contributed by atoms with E-state index >= 15 is 0 Å². The maximum atomic E-state index is 12.7. The van der Waals surface area contributed by atoms with Gasteiger partial charge in [0.15, 0.2) is 0 Å². The van der Waals surface area contributed by atoms with Gasteiger partial charge in [0.2, 0.25) is 11.8 Å². The number of carbonyl (C=O) groups is 2. The van der Waals surface area contributed by atoms with E-state index in [-0.39, 0.29) is 17.2 Å². The van der Waals surface area contributed by atoms with E-state index in [2.05, 4.69) is 51.9 Å². The van der Waals surface area contributed by atoms with Crippen LogP contribution in [-0.4, -0.2) is 36.9 Å². The molecule has 0 aromatic heterocycles. The molecule has 0 saturated carbocycles. The number of likely N-dealkylation sites (tertiary alicyclic amines) is 1. The van der Waals surface area contributed by atoms with Crippen LogP contribution in [0.3, 0.4) is 0 Å². The largest absolute Gasteiger partial charge is 0.359 e. The Morgan fingerprint density at radius 2 is 1.62 bits per heavy atom. The normalized spacial score (nSPS) is 16.2. The quantitative estimate of drug-likeness (QED) is 0.755. The third-order valence-corrected chi connectivity index (χ3v) is 5.94. The van der Waals surface area contributed by atoms with Gasteiger partial charge in [-0.15, -0.1) is 0 Å². The van der Waals surface area contributed by atoms with Crippen molar-refractivity contribution in [1.82, 2.24) is 10.2 Å². The van der Waals surface area contributed by atoms with Crippen molar-refractivity contribution in [2.24, 2.45) is 5.41 Å². The summed E-state index contributed by atoms with van der Waals surface area (Å²) in [7, 11) is 1.75. The molecule has 0 aliphatic carbocycles. The van der Waals surface area contributed by atoms with Gasteiger partial charge in [-0.2, -0.15) is 0 Å². The smallest absolute Gasteiger partial charge is 0.226 e. The van der Waals surface area contributed by atoms with Gasteiger partial charge < -0.3 is 10.6 Å². The molecule has 1 fully saturated rings. The second-order valence-corrected chi connectivity index (χ2v) is 8.00. The van der Waals surface area contributed by atoms with Gasteiger partial charge in [-0.3, -0.25) is 14.5 Å². The summed E-state index contributed by atoms with van der Waals surface area (Å²) in [4.78, 5) is 26.3. The number of nitrogens with zero attached hydrogens (tertiary/aromatic N) is 1. The highest BCUT2D eigenvalue weighted by Crippen LogP contribution is 2.37. The lowest BCUT2D eigenvalue weighted by Gasteiger charge is -2.40. The van der Waals surface area contributed by atoms with Gasteiger partial charge in [0, 0.05) is 26.2 Å². The minimum atomic E-state index is -0.281. The fourth-order valence-corrected chi connectivity index (χ4v) is 4.18. The van der Waals surface area contributed by atoms with Crippen molar-refractivity contribution in [3.63, 3.8) is 0 Å². The number of nitrogens with one attached hydrogen (secondary N) is 2. The molecule has 154 valence electrons. The van der Waals surface area contributed by atoms with E-state index in [1.54, 1.807) is 7.05 Å². The van der Waals surface area contributed by atoms with Crippen LogP contribution in [0.4, 0.5) is 5.69 Å². The summed E-state index contributed by atoms with van der Waals surface area (Å²) in [6.07, 6.45) is 3.57. The van der Waals surface area contributed by atoms with Crippen LogP contribution in [0.5, 0.6) is 0 Å². The summed E-state index contributed by atoms with van der Waals surface area (Å²) < 4.78 is 0. The second-order valence-electron chi connectivity index (χ2n) is 8.00. The van der Waals surface area contributed by atoms with E-state index in [1.165, 1.54) is 18.1 Å². The molecule has 1 aliphatic heterocycles. The first-order valence-corrected chi connectivity index (χ1v) is 10.4. The summed E-state index contributed by atoms with van der Waals surface area (Å²) in [6.45, 7) is 4.20. The average Bonchev–Trinajstić information content (AvgIpc) is 2.74. The molecule has 0 unspecified atom stereocenters. The third kappa shape index (κ3) is 5.67. The minimum absolute atomic E-state index is 0.0603. The van der Waals surface area contributed by atoms with Gasteiger partial charge in [0.05, 0.1) is 5.41 Å². The van der Waals surface area contributed by atoms with E-state index in [0.717, 1.165) is 51.0 Å². The maximum Gasteiger partial charge on any atom is 0.226 e. The van der Waals surface area contributed by atoms with Gasteiger partial charge in [-0.05, 0) is 62.0 Å². The number of carbonyl (C=O) groups excluding carboxylic acids is 2. The standard InChI is InChI=1S/C24H31N3O2/c1-19(28)26-22-10-8-21(9-11-22)18-27-16-14-24(15-17-27,23(29)25-2)13-12-20-6-4-3-5-7-20/h3-11H,12-18H2,1-2H3,(H,25,29)(H,26,28). The van der Waals surface area contributed by atoms with E-state index in [0.29, 0.717) is 0 Å². The highest BCUT2D eigenvalue weighted by atomic mass is 16.2. The van der Waals surface area contributed by atoms with Crippen molar-refractivity contribution in [2.45, 2.75) is 39.2 Å². The monoisotopic (exact) mass is 393 g/mol. The van der Waals surface area contributed by atoms with Crippen molar-refractivity contribution in [2.75, 3.05) is 25.5 Å². The molecule has 2 aromatic rings. The molecule has 2 aromatic carbocycles. The van der Waals surface area contributed by atoms with Crippen LogP contribution in [0.1, 0.15) is 37.3 Å². The Morgan fingerprint density at radius 1 is 0.966 bits per heavy atom. The van der Waals surface area contributed by atoms with Gasteiger partial charge in [-0.25, -0.2) is 0 Å². The molecule has 0 radical (unpaired) electrons. The number of hydrogen-bond donors (Lipinski definition) is 2. The lowest BCUT2D eigenvalue weighted by Crippen LogP contribution is -2.48. The average molecular weight is 394 g/mol. The first-order valence-electron chi connectivity index (χ1n) is 10.4. The number of anilines is 1. The van der Waals surface area contributed by atoms with Crippen molar-refractivity contribution in [1.29, 1.82) is 0 Å². The zero-order chi connectivity index (χ0) is 20.7. The van der Waals surface area contributed by atoms with E-state index in [9.17, 15) is 9.59 Å². The molecule has 5 heteroatoms. The molecule has 0 bridgehead atoms. The van der Waals surface area contributed by atoms with E-state index < -0.39 is 0 Å². The first-order chi connectivity index (χ1) is 14.0. The highest BCUT2D eigenvalue weighted by molar-refractivity contribution is 5.88. The van der Waals surface area contributed by atoms with Crippen molar-refractivity contribution in [3.05, 3.63) is 65.7 Å². The molecule has 2 amide bonds. The zero-order valence-corrected chi connectivity index (χ0v) is 17.4. The van der Waals surface area contributed by atoms with Crippen LogP contribution in [-0.2, 0) is 22.6 Å². The topological polar surface area (TPSA) is 61.4 Å². The van der Waals surface area contributed by atoms with Crippen LogP contribution in [0.2, 0.25) is 0 Å². The Balaban J connectivity index is 1.58. The number of benzene rings is 2. The fraction of sp³-hybridized carbons (Fsp3) is 0.417. The predicted molar refractivity (Wildman–Crippen MR) is 117 cm³/mol. The third-order valence-electron chi connectivity index (χ3n) is 5.94. The molecule has 5 nitrogen and oxygen atoms in total. The van der Waals surface area contributed by atoms with Crippen LogP contribution in [0.15, 0.2) is 54.6 Å². The molecule has 0 atom stereocenters. The summed E-state index contributed by atoms with van der Waals surface area (Å²) >= 11 is 0.